The Morgan fingerprint density at radius 3 is 2.62 bits per heavy atom. The van der Waals surface area contributed by atoms with E-state index in [-0.39, 0.29) is 11.6 Å². The van der Waals surface area contributed by atoms with Crippen molar-refractivity contribution in [1.29, 1.82) is 0 Å². The average Bonchev–Trinajstić information content (AvgIpc) is 2.24. The van der Waals surface area contributed by atoms with Crippen LogP contribution in [0, 0.1) is 11.6 Å². The van der Waals surface area contributed by atoms with Crippen LogP contribution in [0.1, 0.15) is 25.5 Å². The Morgan fingerprint density at radius 2 is 2.06 bits per heavy atom. The van der Waals surface area contributed by atoms with Crippen molar-refractivity contribution < 1.29 is 8.78 Å². The topological polar surface area (TPSA) is 38.0 Å². The van der Waals surface area contributed by atoms with Gasteiger partial charge in [0.25, 0.3) is 0 Å². The number of halogens is 2. The molecule has 0 aromatic heterocycles. The van der Waals surface area contributed by atoms with Crippen LogP contribution < -0.4 is 11.3 Å². The van der Waals surface area contributed by atoms with Crippen molar-refractivity contribution in [2.24, 2.45) is 5.84 Å². The van der Waals surface area contributed by atoms with E-state index in [0.717, 1.165) is 6.07 Å². The first-order chi connectivity index (χ1) is 7.56. The lowest BCUT2D eigenvalue weighted by Gasteiger charge is -2.17. The molecule has 0 heterocycles. The van der Waals surface area contributed by atoms with E-state index in [0.29, 0.717) is 11.0 Å². The van der Waals surface area contributed by atoms with Gasteiger partial charge in [0.1, 0.15) is 0 Å². The molecule has 1 unspecified atom stereocenters. The van der Waals surface area contributed by atoms with Gasteiger partial charge in [0.15, 0.2) is 11.6 Å². The molecular weight excluding hydrogens is 230 g/mol. The molecule has 1 aromatic rings. The van der Waals surface area contributed by atoms with Gasteiger partial charge in [-0.3, -0.25) is 11.3 Å². The molecule has 0 aliphatic carbocycles. The van der Waals surface area contributed by atoms with E-state index in [1.54, 1.807) is 17.8 Å². The van der Waals surface area contributed by atoms with Crippen molar-refractivity contribution in [3.05, 3.63) is 35.4 Å². The van der Waals surface area contributed by atoms with Gasteiger partial charge in [0.05, 0.1) is 6.04 Å². The maximum atomic E-state index is 13.5. The van der Waals surface area contributed by atoms with Gasteiger partial charge >= 0.3 is 0 Å². The molecule has 0 radical (unpaired) electrons. The Balaban J connectivity index is 2.82. The summed E-state index contributed by atoms with van der Waals surface area (Å²) < 4.78 is 26.5. The lowest BCUT2D eigenvalue weighted by Crippen LogP contribution is -2.31. The molecule has 1 rings (SSSR count). The molecule has 0 spiro atoms. The van der Waals surface area contributed by atoms with Crippen LogP contribution in [0.4, 0.5) is 8.78 Å². The third-order valence-corrected chi connectivity index (χ3v) is 3.35. The van der Waals surface area contributed by atoms with Crippen molar-refractivity contribution >= 4 is 11.8 Å². The molecule has 2 nitrogen and oxygen atoms in total. The van der Waals surface area contributed by atoms with Gasteiger partial charge in [0.2, 0.25) is 0 Å². The van der Waals surface area contributed by atoms with E-state index >= 15 is 0 Å². The second-order valence-electron chi connectivity index (χ2n) is 3.74. The molecule has 0 bridgehead atoms. The molecule has 90 valence electrons. The predicted molar refractivity (Wildman–Crippen MR) is 64.0 cm³/mol. The first-order valence-corrected chi connectivity index (χ1v) is 6.12. The van der Waals surface area contributed by atoms with E-state index in [9.17, 15) is 8.78 Å². The lowest BCUT2D eigenvalue weighted by atomic mass is 10.1. The monoisotopic (exact) mass is 246 g/mol. The summed E-state index contributed by atoms with van der Waals surface area (Å²) in [4.78, 5) is 0. The highest BCUT2D eigenvalue weighted by Gasteiger charge is 2.17. The van der Waals surface area contributed by atoms with E-state index in [2.05, 4.69) is 5.43 Å². The number of hydrazine groups is 1. The first kappa shape index (κ1) is 13.4. The zero-order valence-electron chi connectivity index (χ0n) is 9.34. The van der Waals surface area contributed by atoms with Gasteiger partial charge in [0, 0.05) is 11.3 Å². The highest BCUT2D eigenvalue weighted by molar-refractivity contribution is 7.99. The van der Waals surface area contributed by atoms with Crippen LogP contribution in [-0.4, -0.2) is 11.0 Å². The Bertz CT molecular complexity index is 345. The van der Waals surface area contributed by atoms with E-state index in [1.165, 1.54) is 6.07 Å². The molecule has 0 amide bonds. The van der Waals surface area contributed by atoms with Crippen molar-refractivity contribution in [2.45, 2.75) is 25.1 Å². The zero-order chi connectivity index (χ0) is 12.1. The summed E-state index contributed by atoms with van der Waals surface area (Å²) in [5, 5.41) is 0.424. The summed E-state index contributed by atoms with van der Waals surface area (Å²) in [7, 11) is 0. The summed E-state index contributed by atoms with van der Waals surface area (Å²) in [5.74, 6) is 4.30. The van der Waals surface area contributed by atoms with Crippen LogP contribution in [0.15, 0.2) is 18.2 Å². The molecule has 1 aromatic carbocycles. The van der Waals surface area contributed by atoms with Crippen LogP contribution in [0.25, 0.3) is 0 Å². The minimum Gasteiger partial charge on any atom is -0.271 e. The minimum atomic E-state index is -0.840. The van der Waals surface area contributed by atoms with Gasteiger partial charge in [-0.05, 0) is 11.3 Å². The number of benzene rings is 1. The molecule has 0 saturated carbocycles. The largest absolute Gasteiger partial charge is 0.271 e. The summed E-state index contributed by atoms with van der Waals surface area (Å²) in [5.41, 5.74) is 2.79. The quantitative estimate of drug-likeness (QED) is 0.619. The maximum Gasteiger partial charge on any atom is 0.163 e. The normalized spacial score (nSPS) is 13.1. The number of hydrogen-bond donors (Lipinski definition) is 2. The Labute approximate surface area is 98.6 Å². The molecule has 0 fully saturated rings. The highest BCUT2D eigenvalue weighted by atomic mass is 32.2. The minimum absolute atomic E-state index is 0.274. The number of rotatable bonds is 5. The van der Waals surface area contributed by atoms with Crippen molar-refractivity contribution in [3.8, 4) is 0 Å². The molecule has 3 N–H and O–H groups in total. The predicted octanol–water partition coefficient (Wildman–Crippen LogP) is 2.61. The van der Waals surface area contributed by atoms with Crippen molar-refractivity contribution in [1.82, 2.24) is 5.43 Å². The van der Waals surface area contributed by atoms with E-state index in [1.807, 2.05) is 13.8 Å². The third kappa shape index (κ3) is 3.43. The fourth-order valence-electron chi connectivity index (χ4n) is 1.31. The highest BCUT2D eigenvalue weighted by Crippen LogP contribution is 2.23. The molecule has 5 heteroatoms. The van der Waals surface area contributed by atoms with E-state index < -0.39 is 11.6 Å². The fourth-order valence-corrected chi connectivity index (χ4v) is 2.16. The number of nitrogens with one attached hydrogen (secondary N) is 1. The third-order valence-electron chi connectivity index (χ3n) is 2.15. The number of nitrogens with two attached hydrogens (primary N) is 1. The second-order valence-corrected chi connectivity index (χ2v) is 5.35. The van der Waals surface area contributed by atoms with Crippen molar-refractivity contribution in [2.75, 3.05) is 5.75 Å². The SMILES string of the molecule is CC(C)SCC(NN)c1cccc(F)c1F. The second kappa shape index (κ2) is 6.18. The van der Waals surface area contributed by atoms with Crippen LogP contribution >= 0.6 is 11.8 Å². The Hall–Kier alpha value is -0.650. The molecular formula is C11H16F2N2S. The molecule has 0 aliphatic rings. The van der Waals surface area contributed by atoms with Crippen LogP contribution in [0.5, 0.6) is 0 Å². The zero-order valence-corrected chi connectivity index (χ0v) is 10.2. The Kier molecular flexibility index (Phi) is 5.18. The maximum absolute atomic E-state index is 13.5. The lowest BCUT2D eigenvalue weighted by molar-refractivity contribution is 0.478. The van der Waals surface area contributed by atoms with Gasteiger partial charge in [-0.15, -0.1) is 0 Å². The van der Waals surface area contributed by atoms with Crippen LogP contribution in [0.2, 0.25) is 0 Å². The number of hydrogen-bond acceptors (Lipinski definition) is 3. The van der Waals surface area contributed by atoms with Crippen LogP contribution in [0.3, 0.4) is 0 Å². The summed E-state index contributed by atoms with van der Waals surface area (Å²) >= 11 is 1.64. The van der Waals surface area contributed by atoms with Gasteiger partial charge < -0.3 is 0 Å². The van der Waals surface area contributed by atoms with Crippen molar-refractivity contribution in [3.63, 3.8) is 0 Å². The average molecular weight is 246 g/mol. The first-order valence-electron chi connectivity index (χ1n) is 5.08. The van der Waals surface area contributed by atoms with Gasteiger partial charge in [-0.1, -0.05) is 26.0 Å². The number of thioether (sulfide) groups is 1. The van der Waals surface area contributed by atoms with Crippen LogP contribution in [-0.2, 0) is 0 Å². The molecule has 16 heavy (non-hydrogen) atoms. The van der Waals surface area contributed by atoms with E-state index in [4.69, 9.17) is 5.84 Å². The molecule has 0 saturated heterocycles. The molecule has 1 atom stereocenters. The summed E-state index contributed by atoms with van der Waals surface area (Å²) in [6.07, 6.45) is 0. The van der Waals surface area contributed by atoms with Gasteiger partial charge in [-0.2, -0.15) is 11.8 Å². The standard InChI is InChI=1S/C11H16F2N2S/c1-7(2)16-6-10(15-14)8-4-3-5-9(12)11(8)13/h3-5,7,10,15H,6,14H2,1-2H3. The molecule has 0 aliphatic heterocycles. The summed E-state index contributed by atoms with van der Waals surface area (Å²) in [6, 6.07) is 3.76. The fraction of sp³-hybridized carbons (Fsp3) is 0.455. The Morgan fingerprint density at radius 1 is 1.38 bits per heavy atom. The smallest absolute Gasteiger partial charge is 0.163 e. The summed E-state index contributed by atoms with van der Waals surface area (Å²) in [6.45, 7) is 4.08. The van der Waals surface area contributed by atoms with Gasteiger partial charge in [-0.25, -0.2) is 8.78 Å².